The predicted octanol–water partition coefficient (Wildman–Crippen LogP) is 5.03. The van der Waals surface area contributed by atoms with Crippen LogP contribution in [-0.4, -0.2) is 11.4 Å². The SMILES string of the molecule is O/N=C/c1ccc(OCc2ccc(Cl)cc2Cl)c(Cl)c1. The number of ether oxygens (including phenoxy) is 1. The van der Waals surface area contributed by atoms with Crippen molar-refractivity contribution in [2.45, 2.75) is 6.61 Å². The van der Waals surface area contributed by atoms with E-state index in [1.165, 1.54) is 6.21 Å². The number of benzene rings is 2. The van der Waals surface area contributed by atoms with Crippen molar-refractivity contribution < 1.29 is 9.94 Å². The molecule has 20 heavy (non-hydrogen) atoms. The fraction of sp³-hybridized carbons (Fsp3) is 0.0714. The Labute approximate surface area is 131 Å². The number of halogens is 3. The lowest BCUT2D eigenvalue weighted by Gasteiger charge is -2.10. The predicted molar refractivity (Wildman–Crippen MR) is 81.6 cm³/mol. The molecule has 0 saturated carbocycles. The van der Waals surface area contributed by atoms with Gasteiger partial charge in [-0.2, -0.15) is 0 Å². The lowest BCUT2D eigenvalue weighted by molar-refractivity contribution is 0.306. The maximum Gasteiger partial charge on any atom is 0.138 e. The number of oxime groups is 1. The van der Waals surface area contributed by atoms with E-state index in [1.54, 1.807) is 36.4 Å². The Kier molecular flexibility index (Phi) is 5.12. The van der Waals surface area contributed by atoms with Crippen LogP contribution in [0.1, 0.15) is 11.1 Å². The van der Waals surface area contributed by atoms with Crippen molar-refractivity contribution in [2.24, 2.45) is 5.16 Å². The molecule has 0 unspecified atom stereocenters. The molecular formula is C14H10Cl3NO2. The van der Waals surface area contributed by atoms with Gasteiger partial charge in [-0.15, -0.1) is 0 Å². The van der Waals surface area contributed by atoms with E-state index in [-0.39, 0.29) is 6.61 Å². The summed E-state index contributed by atoms with van der Waals surface area (Å²) in [5, 5.41) is 12.9. The van der Waals surface area contributed by atoms with Crippen LogP contribution in [0.25, 0.3) is 0 Å². The Bertz CT molecular complexity index is 644. The van der Waals surface area contributed by atoms with Gasteiger partial charge >= 0.3 is 0 Å². The molecule has 0 aliphatic carbocycles. The van der Waals surface area contributed by atoms with Gasteiger partial charge in [0.05, 0.1) is 11.2 Å². The van der Waals surface area contributed by atoms with Gasteiger partial charge in [-0.25, -0.2) is 0 Å². The highest BCUT2D eigenvalue weighted by Crippen LogP contribution is 2.27. The van der Waals surface area contributed by atoms with Crippen molar-refractivity contribution in [3.05, 3.63) is 62.6 Å². The van der Waals surface area contributed by atoms with Crippen molar-refractivity contribution in [2.75, 3.05) is 0 Å². The molecule has 3 nitrogen and oxygen atoms in total. The minimum Gasteiger partial charge on any atom is -0.487 e. The van der Waals surface area contributed by atoms with Crippen LogP contribution in [-0.2, 0) is 6.61 Å². The summed E-state index contributed by atoms with van der Waals surface area (Å²) in [4.78, 5) is 0. The van der Waals surface area contributed by atoms with E-state index in [1.807, 2.05) is 0 Å². The van der Waals surface area contributed by atoms with Crippen LogP contribution in [0.4, 0.5) is 0 Å². The first-order valence-corrected chi connectivity index (χ1v) is 6.77. The Morgan fingerprint density at radius 2 is 1.85 bits per heavy atom. The number of hydrogen-bond donors (Lipinski definition) is 1. The monoisotopic (exact) mass is 329 g/mol. The van der Waals surface area contributed by atoms with E-state index in [2.05, 4.69) is 5.16 Å². The molecule has 0 fully saturated rings. The first kappa shape index (κ1) is 15.0. The van der Waals surface area contributed by atoms with Gasteiger partial charge in [0.25, 0.3) is 0 Å². The number of rotatable bonds is 4. The molecule has 6 heteroatoms. The topological polar surface area (TPSA) is 41.8 Å². The molecule has 0 bridgehead atoms. The molecule has 0 amide bonds. The highest BCUT2D eigenvalue weighted by atomic mass is 35.5. The molecule has 2 aromatic rings. The van der Waals surface area contributed by atoms with Gasteiger partial charge in [0, 0.05) is 15.6 Å². The highest BCUT2D eigenvalue weighted by Gasteiger charge is 2.06. The molecular weight excluding hydrogens is 321 g/mol. The maximum absolute atomic E-state index is 8.45. The van der Waals surface area contributed by atoms with Gasteiger partial charge < -0.3 is 9.94 Å². The molecule has 0 saturated heterocycles. The van der Waals surface area contributed by atoms with Gasteiger partial charge in [0.1, 0.15) is 12.4 Å². The fourth-order valence-corrected chi connectivity index (χ4v) is 2.28. The second kappa shape index (κ2) is 6.84. The van der Waals surface area contributed by atoms with Crippen molar-refractivity contribution in [1.29, 1.82) is 0 Å². The lowest BCUT2D eigenvalue weighted by atomic mass is 10.2. The third kappa shape index (κ3) is 3.79. The summed E-state index contributed by atoms with van der Waals surface area (Å²) in [5.41, 5.74) is 1.49. The molecule has 0 spiro atoms. The number of nitrogens with zero attached hydrogens (tertiary/aromatic N) is 1. The molecule has 0 heterocycles. The number of hydrogen-bond acceptors (Lipinski definition) is 3. The van der Waals surface area contributed by atoms with Gasteiger partial charge in [-0.1, -0.05) is 46.0 Å². The average Bonchev–Trinajstić information content (AvgIpc) is 2.40. The van der Waals surface area contributed by atoms with E-state index >= 15 is 0 Å². The minimum absolute atomic E-state index is 0.281. The third-order valence-corrected chi connectivity index (χ3v) is 3.44. The second-order valence-corrected chi connectivity index (χ2v) is 5.21. The highest BCUT2D eigenvalue weighted by molar-refractivity contribution is 6.35. The zero-order valence-corrected chi connectivity index (χ0v) is 12.5. The lowest BCUT2D eigenvalue weighted by Crippen LogP contribution is -1.97. The van der Waals surface area contributed by atoms with E-state index < -0.39 is 0 Å². The van der Waals surface area contributed by atoms with Crippen molar-refractivity contribution in [1.82, 2.24) is 0 Å². The molecule has 1 N–H and O–H groups in total. The first-order chi connectivity index (χ1) is 9.60. The summed E-state index contributed by atoms with van der Waals surface area (Å²) in [7, 11) is 0. The van der Waals surface area contributed by atoms with Gasteiger partial charge in [0.2, 0.25) is 0 Å². The normalized spacial score (nSPS) is 10.9. The van der Waals surface area contributed by atoms with E-state index in [0.29, 0.717) is 26.4 Å². The van der Waals surface area contributed by atoms with Gasteiger partial charge in [0.15, 0.2) is 0 Å². The summed E-state index contributed by atoms with van der Waals surface area (Å²) >= 11 is 18.0. The Hall–Kier alpha value is -1.42. The summed E-state index contributed by atoms with van der Waals surface area (Å²) in [6, 6.07) is 10.3. The van der Waals surface area contributed by atoms with Crippen LogP contribution in [0, 0.1) is 0 Å². The van der Waals surface area contributed by atoms with Crippen molar-refractivity contribution >= 4 is 41.0 Å². The summed E-state index contributed by atoms with van der Waals surface area (Å²) in [5.74, 6) is 0.521. The first-order valence-electron chi connectivity index (χ1n) is 5.64. The molecule has 0 aromatic heterocycles. The molecule has 0 radical (unpaired) electrons. The Morgan fingerprint density at radius 1 is 1.05 bits per heavy atom. The molecule has 104 valence electrons. The van der Waals surface area contributed by atoms with Crippen LogP contribution in [0.2, 0.25) is 15.1 Å². The van der Waals surface area contributed by atoms with E-state index in [0.717, 1.165) is 5.56 Å². The van der Waals surface area contributed by atoms with Crippen molar-refractivity contribution in [3.8, 4) is 5.75 Å². The summed E-state index contributed by atoms with van der Waals surface area (Å²) in [6.45, 7) is 0.281. The Morgan fingerprint density at radius 3 is 2.50 bits per heavy atom. The summed E-state index contributed by atoms with van der Waals surface area (Å²) < 4.78 is 5.61. The smallest absolute Gasteiger partial charge is 0.138 e. The van der Waals surface area contributed by atoms with Crippen LogP contribution in [0.15, 0.2) is 41.6 Å². The molecule has 0 aliphatic heterocycles. The van der Waals surface area contributed by atoms with Gasteiger partial charge in [-0.3, -0.25) is 0 Å². The molecule has 2 rings (SSSR count). The minimum atomic E-state index is 0.281. The quantitative estimate of drug-likeness (QED) is 0.485. The zero-order valence-electron chi connectivity index (χ0n) is 10.2. The largest absolute Gasteiger partial charge is 0.487 e. The second-order valence-electron chi connectivity index (χ2n) is 3.96. The average molecular weight is 331 g/mol. The third-order valence-electron chi connectivity index (χ3n) is 2.56. The van der Waals surface area contributed by atoms with E-state index in [4.69, 9.17) is 44.7 Å². The fourth-order valence-electron chi connectivity index (χ4n) is 1.58. The Balaban J connectivity index is 2.11. The van der Waals surface area contributed by atoms with Crippen LogP contribution < -0.4 is 4.74 Å². The van der Waals surface area contributed by atoms with Crippen LogP contribution >= 0.6 is 34.8 Å². The molecule has 2 aromatic carbocycles. The zero-order chi connectivity index (χ0) is 14.5. The van der Waals surface area contributed by atoms with Crippen LogP contribution in [0.5, 0.6) is 5.75 Å². The van der Waals surface area contributed by atoms with Crippen molar-refractivity contribution in [3.63, 3.8) is 0 Å². The maximum atomic E-state index is 8.45. The molecule has 0 atom stereocenters. The standard InChI is InChI=1S/C14H10Cl3NO2/c15-11-3-2-10(12(16)6-11)8-20-14-4-1-9(7-18-19)5-13(14)17/h1-7,19H,8H2/b18-7+. The summed E-state index contributed by atoms with van der Waals surface area (Å²) in [6.07, 6.45) is 1.28. The van der Waals surface area contributed by atoms with Crippen LogP contribution in [0.3, 0.4) is 0 Å². The van der Waals surface area contributed by atoms with E-state index in [9.17, 15) is 0 Å². The van der Waals surface area contributed by atoms with Gasteiger partial charge in [-0.05, 0) is 35.9 Å². The molecule has 0 aliphatic rings.